The number of hydrogen-bond acceptors (Lipinski definition) is 3. The van der Waals surface area contributed by atoms with E-state index >= 15 is 0 Å². The van der Waals surface area contributed by atoms with Crippen LogP contribution in [0.1, 0.15) is 13.3 Å². The standard InChI is InChI=1S/C9H20N2O/c1-4-7-11(3)8-5-6-10-9(2)12/h4,9-10,12H,1,5-8H2,2-3H3. The van der Waals surface area contributed by atoms with Crippen LogP contribution in [0.5, 0.6) is 0 Å². The van der Waals surface area contributed by atoms with Gasteiger partial charge in [0.15, 0.2) is 0 Å². The van der Waals surface area contributed by atoms with Crippen LogP contribution >= 0.6 is 0 Å². The summed E-state index contributed by atoms with van der Waals surface area (Å²) in [5.41, 5.74) is 0. The number of rotatable bonds is 7. The minimum absolute atomic E-state index is 0.394. The molecule has 0 aliphatic rings. The molecule has 0 aliphatic heterocycles. The highest BCUT2D eigenvalue weighted by Crippen LogP contribution is 1.86. The molecule has 0 aromatic rings. The Hall–Kier alpha value is -0.380. The van der Waals surface area contributed by atoms with Crippen LogP contribution in [0, 0.1) is 0 Å². The average molecular weight is 172 g/mol. The maximum absolute atomic E-state index is 8.88. The Kier molecular flexibility index (Phi) is 7.05. The van der Waals surface area contributed by atoms with Crippen LogP contribution in [0.2, 0.25) is 0 Å². The summed E-state index contributed by atoms with van der Waals surface area (Å²) in [6, 6.07) is 0. The highest BCUT2D eigenvalue weighted by molar-refractivity contribution is 4.70. The van der Waals surface area contributed by atoms with Gasteiger partial charge in [-0.05, 0) is 33.5 Å². The van der Waals surface area contributed by atoms with Crippen LogP contribution in [0.3, 0.4) is 0 Å². The second-order valence-corrected chi connectivity index (χ2v) is 3.03. The molecule has 0 aromatic carbocycles. The molecule has 0 radical (unpaired) electrons. The Morgan fingerprint density at radius 1 is 1.67 bits per heavy atom. The molecule has 0 bridgehead atoms. The quantitative estimate of drug-likeness (QED) is 0.332. The minimum Gasteiger partial charge on any atom is -0.379 e. The summed E-state index contributed by atoms with van der Waals surface area (Å²) in [6.07, 6.45) is 2.55. The van der Waals surface area contributed by atoms with E-state index in [1.54, 1.807) is 6.92 Å². The molecule has 0 heterocycles. The van der Waals surface area contributed by atoms with E-state index in [1.165, 1.54) is 0 Å². The maximum Gasteiger partial charge on any atom is 0.102 e. The summed E-state index contributed by atoms with van der Waals surface area (Å²) in [5, 5.41) is 11.8. The van der Waals surface area contributed by atoms with Crippen molar-refractivity contribution < 1.29 is 5.11 Å². The molecule has 3 heteroatoms. The number of nitrogens with zero attached hydrogens (tertiary/aromatic N) is 1. The molecular formula is C9H20N2O. The van der Waals surface area contributed by atoms with Crippen LogP contribution in [-0.2, 0) is 0 Å². The summed E-state index contributed by atoms with van der Waals surface area (Å²) in [6.45, 7) is 8.21. The zero-order valence-electron chi connectivity index (χ0n) is 8.08. The van der Waals surface area contributed by atoms with Crippen molar-refractivity contribution in [3.63, 3.8) is 0 Å². The molecule has 1 unspecified atom stereocenters. The van der Waals surface area contributed by atoms with E-state index in [0.29, 0.717) is 0 Å². The van der Waals surface area contributed by atoms with E-state index in [1.807, 2.05) is 6.08 Å². The zero-order valence-corrected chi connectivity index (χ0v) is 8.08. The van der Waals surface area contributed by atoms with Crippen LogP contribution in [0.15, 0.2) is 12.7 Å². The zero-order chi connectivity index (χ0) is 9.40. The first kappa shape index (κ1) is 11.6. The third-order valence-electron chi connectivity index (χ3n) is 1.60. The fourth-order valence-electron chi connectivity index (χ4n) is 0.972. The first-order valence-corrected chi connectivity index (χ1v) is 4.37. The van der Waals surface area contributed by atoms with Gasteiger partial charge in [0.1, 0.15) is 6.23 Å². The highest BCUT2D eigenvalue weighted by atomic mass is 16.3. The topological polar surface area (TPSA) is 35.5 Å². The molecule has 3 nitrogen and oxygen atoms in total. The SMILES string of the molecule is C=CCN(C)CCCNC(C)O. The molecule has 0 saturated heterocycles. The van der Waals surface area contributed by atoms with E-state index < -0.39 is 6.23 Å². The fraction of sp³-hybridized carbons (Fsp3) is 0.778. The second-order valence-electron chi connectivity index (χ2n) is 3.03. The van der Waals surface area contributed by atoms with E-state index in [4.69, 9.17) is 5.11 Å². The van der Waals surface area contributed by atoms with Gasteiger partial charge in [-0.3, -0.25) is 5.32 Å². The van der Waals surface area contributed by atoms with Crippen molar-refractivity contribution in [2.75, 3.05) is 26.7 Å². The predicted molar refractivity (Wildman–Crippen MR) is 52.0 cm³/mol. The van der Waals surface area contributed by atoms with E-state index in [9.17, 15) is 0 Å². The van der Waals surface area contributed by atoms with Crippen molar-refractivity contribution >= 4 is 0 Å². The van der Waals surface area contributed by atoms with Gasteiger partial charge < -0.3 is 10.0 Å². The fourth-order valence-corrected chi connectivity index (χ4v) is 0.972. The predicted octanol–water partition coefficient (Wildman–Crippen LogP) is 0.422. The molecule has 12 heavy (non-hydrogen) atoms. The van der Waals surface area contributed by atoms with E-state index in [0.717, 1.165) is 26.1 Å². The van der Waals surface area contributed by atoms with Crippen molar-refractivity contribution in [2.45, 2.75) is 19.6 Å². The molecule has 0 aliphatic carbocycles. The molecule has 0 saturated carbocycles. The van der Waals surface area contributed by atoms with Crippen LogP contribution in [-0.4, -0.2) is 42.9 Å². The van der Waals surface area contributed by atoms with Crippen molar-refractivity contribution in [2.24, 2.45) is 0 Å². The minimum atomic E-state index is -0.394. The smallest absolute Gasteiger partial charge is 0.102 e. The number of likely N-dealkylation sites (N-methyl/N-ethyl adjacent to an activating group) is 1. The molecule has 0 aromatic heterocycles. The van der Waals surface area contributed by atoms with Crippen molar-refractivity contribution in [3.05, 3.63) is 12.7 Å². The Morgan fingerprint density at radius 3 is 2.83 bits per heavy atom. The largest absolute Gasteiger partial charge is 0.379 e. The average Bonchev–Trinajstić information content (AvgIpc) is 1.98. The molecular weight excluding hydrogens is 152 g/mol. The van der Waals surface area contributed by atoms with Gasteiger partial charge in [0, 0.05) is 6.54 Å². The lowest BCUT2D eigenvalue weighted by Gasteiger charge is -2.14. The summed E-state index contributed by atoms with van der Waals surface area (Å²) >= 11 is 0. The Labute approximate surface area is 75.1 Å². The maximum atomic E-state index is 8.88. The number of aliphatic hydroxyl groups excluding tert-OH is 1. The summed E-state index contributed by atoms with van der Waals surface area (Å²) in [4.78, 5) is 2.19. The molecule has 0 rings (SSSR count). The Balaban J connectivity index is 3.13. The van der Waals surface area contributed by atoms with Gasteiger partial charge in [-0.25, -0.2) is 0 Å². The second kappa shape index (κ2) is 7.28. The van der Waals surface area contributed by atoms with Crippen molar-refractivity contribution in [1.29, 1.82) is 0 Å². The van der Waals surface area contributed by atoms with Crippen LogP contribution in [0.4, 0.5) is 0 Å². The Morgan fingerprint density at radius 2 is 2.33 bits per heavy atom. The summed E-state index contributed by atoms with van der Waals surface area (Å²) in [7, 11) is 2.06. The normalized spacial score (nSPS) is 13.3. The van der Waals surface area contributed by atoms with Gasteiger partial charge in [0.05, 0.1) is 0 Å². The lowest BCUT2D eigenvalue weighted by atomic mass is 10.4. The molecule has 0 fully saturated rings. The monoisotopic (exact) mass is 172 g/mol. The third-order valence-corrected chi connectivity index (χ3v) is 1.60. The lowest BCUT2D eigenvalue weighted by molar-refractivity contribution is 0.155. The molecule has 72 valence electrons. The van der Waals surface area contributed by atoms with Gasteiger partial charge in [-0.15, -0.1) is 6.58 Å². The first-order valence-electron chi connectivity index (χ1n) is 4.37. The van der Waals surface area contributed by atoms with Gasteiger partial charge in [0.25, 0.3) is 0 Å². The molecule has 0 amide bonds. The molecule has 2 N–H and O–H groups in total. The lowest BCUT2D eigenvalue weighted by Crippen LogP contribution is -2.29. The number of hydrogen-bond donors (Lipinski definition) is 2. The van der Waals surface area contributed by atoms with Crippen LogP contribution in [0.25, 0.3) is 0 Å². The van der Waals surface area contributed by atoms with Gasteiger partial charge in [-0.1, -0.05) is 6.08 Å². The third kappa shape index (κ3) is 7.72. The van der Waals surface area contributed by atoms with Crippen molar-refractivity contribution in [3.8, 4) is 0 Å². The van der Waals surface area contributed by atoms with E-state index in [-0.39, 0.29) is 0 Å². The Bertz CT molecular complexity index is 115. The summed E-state index contributed by atoms with van der Waals surface area (Å²) < 4.78 is 0. The molecule has 1 atom stereocenters. The molecule has 0 spiro atoms. The van der Waals surface area contributed by atoms with Crippen molar-refractivity contribution in [1.82, 2.24) is 10.2 Å². The van der Waals surface area contributed by atoms with Gasteiger partial charge in [-0.2, -0.15) is 0 Å². The van der Waals surface area contributed by atoms with E-state index in [2.05, 4.69) is 23.8 Å². The number of nitrogens with one attached hydrogen (secondary N) is 1. The summed E-state index contributed by atoms with van der Waals surface area (Å²) in [5.74, 6) is 0. The number of aliphatic hydroxyl groups is 1. The first-order chi connectivity index (χ1) is 5.66. The van der Waals surface area contributed by atoms with Gasteiger partial charge in [0.2, 0.25) is 0 Å². The van der Waals surface area contributed by atoms with Crippen LogP contribution < -0.4 is 5.32 Å². The highest BCUT2D eigenvalue weighted by Gasteiger charge is 1.95. The van der Waals surface area contributed by atoms with Gasteiger partial charge >= 0.3 is 0 Å².